The van der Waals surface area contributed by atoms with E-state index in [1.54, 1.807) is 0 Å². The van der Waals surface area contributed by atoms with Gasteiger partial charge in [-0.25, -0.2) is 18.6 Å². The van der Waals surface area contributed by atoms with Crippen molar-refractivity contribution in [3.63, 3.8) is 0 Å². The Hall–Kier alpha value is -1.04. The summed E-state index contributed by atoms with van der Waals surface area (Å²) in [4.78, 5) is 14.4. The fraction of sp³-hybridized carbons (Fsp3) is 0.333. The minimum Gasteiger partial charge on any atom is -0.477 e. The van der Waals surface area contributed by atoms with Crippen molar-refractivity contribution in [3.8, 4) is 0 Å². The number of hydrogen-bond acceptors (Lipinski definition) is 2. The number of hydrogen-bond donors (Lipinski definition) is 1. The third kappa shape index (κ3) is 2.50. The van der Waals surface area contributed by atoms with E-state index in [-0.39, 0.29) is 16.6 Å². The molecule has 0 unspecified atom stereocenters. The zero-order valence-electron chi connectivity index (χ0n) is 7.80. The van der Waals surface area contributed by atoms with Gasteiger partial charge in [0.1, 0.15) is 5.69 Å². The Labute approximate surface area is 93.3 Å². The molecule has 1 aromatic heterocycles. The molecule has 1 aromatic rings. The van der Waals surface area contributed by atoms with Crippen LogP contribution < -0.4 is 0 Å². The van der Waals surface area contributed by atoms with Gasteiger partial charge in [-0.15, -0.1) is 0 Å². The van der Waals surface area contributed by atoms with Gasteiger partial charge >= 0.3 is 5.97 Å². The predicted octanol–water partition coefficient (Wildman–Crippen LogP) is 2.92. The minimum absolute atomic E-state index is 0.250. The molecule has 0 atom stereocenters. The number of nitrogens with zero attached hydrogens (tertiary/aromatic N) is 1. The molecular weight excluding hydrogens is 272 g/mol. The molecule has 1 rings (SSSR count). The lowest BCUT2D eigenvalue weighted by Crippen LogP contribution is -2.07. The zero-order chi connectivity index (χ0) is 11.6. The summed E-state index contributed by atoms with van der Waals surface area (Å²) >= 11 is 3.07. The van der Waals surface area contributed by atoms with Gasteiger partial charge in [-0.05, 0) is 18.6 Å². The molecule has 0 aliphatic carbocycles. The van der Waals surface area contributed by atoms with Gasteiger partial charge in [-0.3, -0.25) is 0 Å². The van der Waals surface area contributed by atoms with E-state index in [0.29, 0.717) is 11.3 Å². The number of aromatic nitrogens is 1. The molecule has 0 amide bonds. The Morgan fingerprint density at radius 2 is 2.27 bits per heavy atom. The van der Waals surface area contributed by atoms with Crippen LogP contribution in [0.2, 0.25) is 0 Å². The number of alkyl halides is 3. The van der Waals surface area contributed by atoms with Crippen molar-refractivity contribution in [3.05, 3.63) is 28.6 Å². The first-order valence-electron chi connectivity index (χ1n) is 4.05. The lowest BCUT2D eigenvalue weighted by atomic mass is 10.1. The lowest BCUT2D eigenvalue weighted by Gasteiger charge is -2.09. The van der Waals surface area contributed by atoms with Crippen molar-refractivity contribution >= 4 is 21.9 Å². The summed E-state index contributed by atoms with van der Waals surface area (Å²) in [7, 11) is 0. The van der Waals surface area contributed by atoms with Crippen molar-refractivity contribution in [2.24, 2.45) is 0 Å². The van der Waals surface area contributed by atoms with Crippen molar-refractivity contribution in [2.45, 2.75) is 18.7 Å². The van der Waals surface area contributed by atoms with Gasteiger partial charge in [-0.2, -0.15) is 0 Å². The maximum atomic E-state index is 12.6. The second-order valence-electron chi connectivity index (χ2n) is 2.91. The van der Waals surface area contributed by atoms with Crippen LogP contribution in [0.1, 0.15) is 33.7 Å². The molecule has 0 saturated carbocycles. The number of rotatable bonds is 3. The molecule has 1 heterocycles. The highest BCUT2D eigenvalue weighted by Crippen LogP contribution is 2.25. The van der Waals surface area contributed by atoms with Gasteiger partial charge < -0.3 is 5.11 Å². The highest BCUT2D eigenvalue weighted by Gasteiger charge is 2.18. The highest BCUT2D eigenvalue weighted by atomic mass is 79.9. The summed E-state index contributed by atoms with van der Waals surface area (Å²) in [5.41, 5.74) is 0.0132. The smallest absolute Gasteiger partial charge is 0.354 e. The van der Waals surface area contributed by atoms with Gasteiger partial charge in [0.05, 0.1) is 5.69 Å². The van der Waals surface area contributed by atoms with E-state index in [4.69, 9.17) is 5.11 Å². The molecule has 82 valence electrons. The maximum Gasteiger partial charge on any atom is 0.354 e. The second kappa shape index (κ2) is 4.65. The Bertz CT molecular complexity index is 396. The van der Waals surface area contributed by atoms with Crippen LogP contribution in [-0.2, 0) is 5.33 Å². The van der Waals surface area contributed by atoms with Crippen LogP contribution in [0.5, 0.6) is 0 Å². The third-order valence-corrected chi connectivity index (χ3v) is 2.53. The molecule has 0 spiro atoms. The fourth-order valence-corrected chi connectivity index (χ4v) is 1.70. The van der Waals surface area contributed by atoms with E-state index in [1.807, 2.05) is 0 Å². The van der Waals surface area contributed by atoms with E-state index in [2.05, 4.69) is 20.9 Å². The van der Waals surface area contributed by atoms with Crippen molar-refractivity contribution < 1.29 is 18.7 Å². The molecule has 0 saturated heterocycles. The quantitative estimate of drug-likeness (QED) is 0.866. The van der Waals surface area contributed by atoms with Crippen LogP contribution in [-0.4, -0.2) is 16.1 Å². The molecule has 3 nitrogen and oxygen atoms in total. The van der Waals surface area contributed by atoms with Crippen LogP contribution in [0.25, 0.3) is 0 Å². The summed E-state index contributed by atoms with van der Waals surface area (Å²) in [6, 6.07) is 0.911. The van der Waals surface area contributed by atoms with Gasteiger partial charge in [0.25, 0.3) is 6.43 Å². The van der Waals surface area contributed by atoms with Crippen LogP contribution in [0.4, 0.5) is 8.78 Å². The average Bonchev–Trinajstić information content (AvgIpc) is 2.17. The van der Waals surface area contributed by atoms with Crippen molar-refractivity contribution in [2.75, 3.05) is 0 Å². The minimum atomic E-state index is -2.69. The third-order valence-electron chi connectivity index (χ3n) is 1.99. The lowest BCUT2D eigenvalue weighted by molar-refractivity contribution is 0.0689. The van der Waals surface area contributed by atoms with Crippen LogP contribution in [0.3, 0.4) is 0 Å². The highest BCUT2D eigenvalue weighted by molar-refractivity contribution is 9.08. The number of carboxylic acids is 1. The number of halogens is 3. The molecule has 0 radical (unpaired) electrons. The Kier molecular flexibility index (Phi) is 3.73. The summed E-state index contributed by atoms with van der Waals surface area (Å²) in [6.07, 6.45) is -2.69. The first-order chi connectivity index (χ1) is 6.97. The Morgan fingerprint density at radius 1 is 1.67 bits per heavy atom. The summed E-state index contributed by atoms with van der Waals surface area (Å²) in [5.74, 6) is -1.31. The maximum absolute atomic E-state index is 12.6. The van der Waals surface area contributed by atoms with Gasteiger partial charge in [0.15, 0.2) is 0 Å². The van der Waals surface area contributed by atoms with E-state index < -0.39 is 12.4 Å². The molecule has 6 heteroatoms. The molecule has 0 aliphatic rings. The van der Waals surface area contributed by atoms with E-state index >= 15 is 0 Å². The monoisotopic (exact) mass is 279 g/mol. The van der Waals surface area contributed by atoms with E-state index in [0.717, 1.165) is 6.07 Å². The number of aromatic carboxylic acids is 1. The fourth-order valence-electron chi connectivity index (χ4n) is 1.15. The number of pyridine rings is 1. The SMILES string of the molecule is Cc1c(C(F)F)cc(C(=O)O)nc1CBr. The molecular formula is C9H8BrF2NO2. The zero-order valence-corrected chi connectivity index (χ0v) is 9.38. The van der Waals surface area contributed by atoms with E-state index in [9.17, 15) is 13.6 Å². The Morgan fingerprint density at radius 3 is 2.67 bits per heavy atom. The largest absolute Gasteiger partial charge is 0.477 e. The topological polar surface area (TPSA) is 50.2 Å². The first-order valence-corrected chi connectivity index (χ1v) is 5.17. The van der Waals surface area contributed by atoms with Crippen LogP contribution in [0.15, 0.2) is 6.07 Å². The molecule has 15 heavy (non-hydrogen) atoms. The normalized spacial score (nSPS) is 10.7. The second-order valence-corrected chi connectivity index (χ2v) is 3.47. The van der Waals surface area contributed by atoms with Gasteiger partial charge in [0, 0.05) is 10.9 Å². The number of carbonyl (C=O) groups is 1. The standard InChI is InChI=1S/C9H8BrF2NO2/c1-4-5(8(11)12)2-6(9(14)15)13-7(4)3-10/h2,8H,3H2,1H3,(H,14,15). The van der Waals surface area contributed by atoms with Crippen LogP contribution in [0, 0.1) is 6.92 Å². The molecule has 0 aromatic carbocycles. The average molecular weight is 280 g/mol. The molecule has 0 bridgehead atoms. The van der Waals surface area contributed by atoms with E-state index in [1.165, 1.54) is 6.92 Å². The summed E-state index contributed by atoms with van der Waals surface area (Å²) < 4.78 is 25.1. The first kappa shape index (κ1) is 12.0. The summed E-state index contributed by atoms with van der Waals surface area (Å²) in [6.45, 7) is 1.50. The van der Waals surface area contributed by atoms with Crippen molar-refractivity contribution in [1.82, 2.24) is 4.98 Å². The number of carboxylic acid groups (broad SMARTS) is 1. The summed E-state index contributed by atoms with van der Waals surface area (Å²) in [5, 5.41) is 8.93. The van der Waals surface area contributed by atoms with Gasteiger partial charge in [0.2, 0.25) is 0 Å². The molecule has 0 fully saturated rings. The van der Waals surface area contributed by atoms with Gasteiger partial charge in [-0.1, -0.05) is 15.9 Å². The molecule has 1 N–H and O–H groups in total. The van der Waals surface area contributed by atoms with Crippen molar-refractivity contribution in [1.29, 1.82) is 0 Å². The molecule has 0 aliphatic heterocycles. The Balaban J connectivity index is 3.38. The van der Waals surface area contributed by atoms with Crippen LogP contribution >= 0.6 is 15.9 Å². The predicted molar refractivity (Wildman–Crippen MR) is 53.5 cm³/mol.